The van der Waals surface area contributed by atoms with Crippen LogP contribution in [-0.4, -0.2) is 55.3 Å². The van der Waals surface area contributed by atoms with Crippen LogP contribution in [0.25, 0.3) is 0 Å². The van der Waals surface area contributed by atoms with Crippen LogP contribution in [0.4, 0.5) is 0 Å². The number of hydrogen-bond acceptors (Lipinski definition) is 5. The number of ketones is 1. The van der Waals surface area contributed by atoms with Crippen molar-refractivity contribution in [1.82, 2.24) is 9.62 Å². The van der Waals surface area contributed by atoms with Gasteiger partial charge in [-0.05, 0) is 37.5 Å². The third-order valence-corrected chi connectivity index (χ3v) is 8.84. The Bertz CT molecular complexity index is 690. The van der Waals surface area contributed by atoms with Crippen molar-refractivity contribution in [2.24, 2.45) is 22.5 Å². The van der Waals surface area contributed by atoms with Gasteiger partial charge in [-0.2, -0.15) is 4.31 Å². The summed E-state index contributed by atoms with van der Waals surface area (Å²) in [5, 5.41) is 2.69. The molecule has 2 bridgehead atoms. The van der Waals surface area contributed by atoms with Crippen molar-refractivity contribution in [2.45, 2.75) is 58.5 Å². The van der Waals surface area contributed by atoms with Gasteiger partial charge in [-0.1, -0.05) is 13.8 Å². The molecule has 7 nitrogen and oxygen atoms in total. The van der Waals surface area contributed by atoms with E-state index in [1.54, 1.807) is 6.92 Å². The Morgan fingerprint density at radius 3 is 2.60 bits per heavy atom. The summed E-state index contributed by atoms with van der Waals surface area (Å²) in [4.78, 5) is 25.0. The van der Waals surface area contributed by atoms with Crippen LogP contribution < -0.4 is 11.1 Å². The molecule has 1 amide bonds. The van der Waals surface area contributed by atoms with Gasteiger partial charge in [0.25, 0.3) is 0 Å². The van der Waals surface area contributed by atoms with Crippen LogP contribution in [0, 0.1) is 16.7 Å². The molecule has 0 aromatic heterocycles. The first-order chi connectivity index (χ1) is 11.5. The molecule has 3 fully saturated rings. The first kappa shape index (κ1) is 18.8. The van der Waals surface area contributed by atoms with Crippen LogP contribution in [0.15, 0.2) is 0 Å². The Kier molecular flexibility index (Phi) is 4.53. The molecule has 0 unspecified atom stereocenters. The fourth-order valence-corrected chi connectivity index (χ4v) is 7.63. The molecule has 4 atom stereocenters. The second-order valence-corrected chi connectivity index (χ2v) is 10.3. The van der Waals surface area contributed by atoms with Crippen molar-refractivity contribution in [2.75, 3.05) is 18.8 Å². The van der Waals surface area contributed by atoms with Gasteiger partial charge in [0.05, 0.1) is 5.75 Å². The van der Waals surface area contributed by atoms with Crippen LogP contribution in [-0.2, 0) is 19.6 Å². The molecule has 2 aliphatic carbocycles. The van der Waals surface area contributed by atoms with E-state index in [9.17, 15) is 18.0 Å². The zero-order valence-corrected chi connectivity index (χ0v) is 16.1. The summed E-state index contributed by atoms with van der Waals surface area (Å²) < 4.78 is 27.7. The first-order valence-electron chi connectivity index (χ1n) is 9.11. The number of likely N-dealkylation sites (N-methyl/N-ethyl adjacent to an activating group) is 1. The molecule has 1 aliphatic heterocycles. The van der Waals surface area contributed by atoms with E-state index in [4.69, 9.17) is 5.73 Å². The number of nitrogens with two attached hydrogens (primary N) is 1. The average molecular weight is 372 g/mol. The Hall–Kier alpha value is -0.990. The molecular formula is C17H29N3O4S. The molecule has 1 saturated heterocycles. The Morgan fingerprint density at radius 1 is 1.40 bits per heavy atom. The van der Waals surface area contributed by atoms with Crippen LogP contribution in [0.2, 0.25) is 0 Å². The Morgan fingerprint density at radius 2 is 2.08 bits per heavy atom. The second kappa shape index (κ2) is 6.03. The van der Waals surface area contributed by atoms with E-state index in [0.29, 0.717) is 25.8 Å². The van der Waals surface area contributed by atoms with E-state index in [2.05, 4.69) is 5.32 Å². The number of rotatable bonds is 5. The molecular weight excluding hydrogens is 342 g/mol. The molecule has 0 aromatic carbocycles. The van der Waals surface area contributed by atoms with E-state index in [1.165, 1.54) is 4.31 Å². The van der Waals surface area contributed by atoms with E-state index in [-0.39, 0.29) is 41.4 Å². The lowest BCUT2D eigenvalue weighted by Gasteiger charge is -2.37. The molecule has 3 N–H and O–H groups in total. The fraction of sp³-hybridized carbons (Fsp3) is 0.882. The summed E-state index contributed by atoms with van der Waals surface area (Å²) in [6, 6.07) is -1.13. The number of nitrogens with zero attached hydrogens (tertiary/aromatic N) is 1. The summed E-state index contributed by atoms with van der Waals surface area (Å²) in [5.74, 6) is -0.186. The maximum absolute atomic E-state index is 13.2. The van der Waals surface area contributed by atoms with Crippen LogP contribution in [0.3, 0.4) is 0 Å². The first-order valence-corrected chi connectivity index (χ1v) is 10.7. The zero-order chi connectivity index (χ0) is 18.6. The highest BCUT2D eigenvalue weighted by Gasteiger charge is 2.66. The largest absolute Gasteiger partial charge is 0.355 e. The average Bonchev–Trinajstić information content (AvgIpc) is 3.06. The molecule has 142 valence electrons. The van der Waals surface area contributed by atoms with Gasteiger partial charge in [-0.15, -0.1) is 0 Å². The smallest absolute Gasteiger partial charge is 0.238 e. The fourth-order valence-electron chi connectivity index (χ4n) is 5.18. The number of amides is 1. The van der Waals surface area contributed by atoms with Gasteiger partial charge in [-0.25, -0.2) is 8.42 Å². The predicted octanol–water partition coefficient (Wildman–Crippen LogP) is 0.249. The minimum absolute atomic E-state index is 0.0652. The topological polar surface area (TPSA) is 110 Å². The maximum Gasteiger partial charge on any atom is 0.238 e. The lowest BCUT2D eigenvalue weighted by Crippen LogP contribution is -2.51. The third kappa shape index (κ3) is 2.73. The molecule has 2 saturated carbocycles. The Labute approximate surface area is 149 Å². The summed E-state index contributed by atoms with van der Waals surface area (Å²) in [5.41, 5.74) is 4.81. The van der Waals surface area contributed by atoms with Gasteiger partial charge in [0.1, 0.15) is 11.8 Å². The molecule has 25 heavy (non-hydrogen) atoms. The van der Waals surface area contributed by atoms with Crippen LogP contribution >= 0.6 is 0 Å². The normalized spacial score (nSPS) is 37.6. The molecule has 0 radical (unpaired) electrons. The number of sulfonamides is 1. The van der Waals surface area contributed by atoms with E-state index in [1.807, 2.05) is 13.8 Å². The van der Waals surface area contributed by atoms with Crippen LogP contribution in [0.1, 0.15) is 46.5 Å². The lowest BCUT2D eigenvalue weighted by molar-refractivity contribution is -0.128. The molecule has 3 rings (SSSR count). The van der Waals surface area contributed by atoms with Crippen molar-refractivity contribution in [3.05, 3.63) is 0 Å². The monoisotopic (exact) mass is 371 g/mol. The van der Waals surface area contributed by atoms with Gasteiger partial charge in [0.15, 0.2) is 0 Å². The van der Waals surface area contributed by atoms with Crippen LogP contribution in [0.5, 0.6) is 0 Å². The van der Waals surface area contributed by atoms with Crippen molar-refractivity contribution >= 4 is 21.7 Å². The standard InChI is InChI=1S/C17H29N3O4S/c1-4-19-15(22)13-8-12(18)9-20(13)25(23,24)10-17-6-5-11(7-14(17)21)16(17,2)3/h11-13H,4-10,18H2,1-3H3,(H,19,22)/t11-,12-,13+,17-/m1/s1. The van der Waals surface area contributed by atoms with Crippen molar-refractivity contribution in [3.8, 4) is 0 Å². The number of Topliss-reactive ketones (excluding diaryl/α,β-unsaturated/α-hetero) is 1. The lowest BCUT2D eigenvalue weighted by atomic mass is 9.70. The van der Waals surface area contributed by atoms with Gasteiger partial charge < -0.3 is 11.1 Å². The zero-order valence-electron chi connectivity index (χ0n) is 15.2. The molecule has 3 aliphatic rings. The van der Waals surface area contributed by atoms with Crippen molar-refractivity contribution < 1.29 is 18.0 Å². The number of carbonyl (C=O) groups is 2. The summed E-state index contributed by atoms with van der Waals surface area (Å²) in [6.45, 7) is 6.40. The van der Waals surface area contributed by atoms with Crippen molar-refractivity contribution in [1.29, 1.82) is 0 Å². The van der Waals surface area contributed by atoms with E-state index in [0.717, 1.165) is 6.42 Å². The van der Waals surface area contributed by atoms with E-state index < -0.39 is 21.5 Å². The van der Waals surface area contributed by atoms with Gasteiger partial charge >= 0.3 is 0 Å². The Balaban J connectivity index is 1.89. The molecule has 0 spiro atoms. The highest BCUT2D eigenvalue weighted by atomic mass is 32.2. The summed E-state index contributed by atoms with van der Waals surface area (Å²) >= 11 is 0. The summed E-state index contributed by atoms with van der Waals surface area (Å²) in [6.07, 6.45) is 2.31. The number of hydrogen-bond donors (Lipinski definition) is 2. The SMILES string of the molecule is CCNC(=O)[C@@H]1C[C@@H](N)CN1S(=O)(=O)C[C@]12CC[C@H](CC1=O)C2(C)C. The highest BCUT2D eigenvalue weighted by molar-refractivity contribution is 7.89. The van der Waals surface area contributed by atoms with Gasteiger partial charge in [0.2, 0.25) is 15.9 Å². The summed E-state index contributed by atoms with van der Waals surface area (Å²) in [7, 11) is -3.77. The quantitative estimate of drug-likeness (QED) is 0.720. The third-order valence-electron chi connectivity index (χ3n) is 6.87. The molecule has 8 heteroatoms. The number of nitrogens with one attached hydrogen (secondary N) is 1. The van der Waals surface area contributed by atoms with Gasteiger partial charge in [-0.3, -0.25) is 9.59 Å². The van der Waals surface area contributed by atoms with Gasteiger partial charge in [0, 0.05) is 31.0 Å². The van der Waals surface area contributed by atoms with Crippen molar-refractivity contribution in [3.63, 3.8) is 0 Å². The minimum atomic E-state index is -3.77. The highest BCUT2D eigenvalue weighted by Crippen LogP contribution is 2.64. The maximum atomic E-state index is 13.2. The second-order valence-electron chi connectivity index (χ2n) is 8.40. The minimum Gasteiger partial charge on any atom is -0.355 e. The predicted molar refractivity (Wildman–Crippen MR) is 94.1 cm³/mol. The van der Waals surface area contributed by atoms with E-state index >= 15 is 0 Å². The number of carbonyl (C=O) groups excluding carboxylic acids is 2. The number of fused-ring (bicyclic) bond motifs is 2. The molecule has 1 heterocycles. The molecule has 0 aromatic rings.